The summed E-state index contributed by atoms with van der Waals surface area (Å²) >= 11 is 6.17. The maximum atomic E-state index is 12.9. The molecule has 0 aliphatic heterocycles. The van der Waals surface area contributed by atoms with Gasteiger partial charge in [0, 0.05) is 16.9 Å². The van der Waals surface area contributed by atoms with Crippen LogP contribution in [-0.2, 0) is 11.8 Å². The molecule has 1 aliphatic rings. The first-order valence-corrected chi connectivity index (χ1v) is 8.97. The summed E-state index contributed by atoms with van der Waals surface area (Å²) in [5, 5.41) is 5.53. The van der Waals surface area contributed by atoms with Crippen LogP contribution in [0.2, 0.25) is 5.02 Å². The number of ketones is 1. The normalized spacial score (nSPS) is 18.1. The van der Waals surface area contributed by atoms with Crippen LogP contribution in [0.1, 0.15) is 62.8 Å². The number of carbonyl (C=O) groups excluding carboxylic acids is 1. The van der Waals surface area contributed by atoms with E-state index in [-0.39, 0.29) is 11.2 Å². The van der Waals surface area contributed by atoms with Crippen molar-refractivity contribution in [2.75, 3.05) is 0 Å². The highest BCUT2D eigenvalue weighted by Gasteiger charge is 2.36. The summed E-state index contributed by atoms with van der Waals surface area (Å²) in [5.74, 6) is 1.07. The predicted molar refractivity (Wildman–Crippen MR) is 98.3 cm³/mol. The third kappa shape index (κ3) is 3.02. The van der Waals surface area contributed by atoms with Crippen LogP contribution in [0.25, 0.3) is 5.69 Å². The molecule has 1 aromatic heterocycles. The summed E-state index contributed by atoms with van der Waals surface area (Å²) in [4.78, 5) is 12.9. The quantitative estimate of drug-likeness (QED) is 0.748. The average molecular weight is 345 g/mol. The van der Waals surface area contributed by atoms with E-state index in [0.717, 1.165) is 29.1 Å². The number of hydrogen-bond donors (Lipinski definition) is 0. The first kappa shape index (κ1) is 17.2. The molecule has 1 atom stereocenters. The number of benzene rings is 1. The smallest absolute Gasteiger partial charge is 0.166 e. The topological polar surface area (TPSA) is 34.9 Å². The molecule has 0 saturated carbocycles. The molecule has 0 amide bonds. The van der Waals surface area contributed by atoms with Gasteiger partial charge in [0.2, 0.25) is 0 Å². The fraction of sp³-hybridized carbons (Fsp3) is 0.500. The molecular formula is C20H25ClN2O. The molecule has 0 spiro atoms. The molecule has 3 nitrogen and oxygen atoms in total. The van der Waals surface area contributed by atoms with Crippen molar-refractivity contribution in [3.05, 3.63) is 46.2 Å². The second-order valence-electron chi connectivity index (χ2n) is 8.15. The van der Waals surface area contributed by atoms with E-state index in [9.17, 15) is 4.79 Å². The first-order chi connectivity index (χ1) is 11.2. The third-order valence-electron chi connectivity index (χ3n) is 4.87. The Balaban J connectivity index is 2.22. The van der Waals surface area contributed by atoms with Gasteiger partial charge < -0.3 is 0 Å². The lowest BCUT2D eigenvalue weighted by Gasteiger charge is -2.26. The average Bonchev–Trinajstić information content (AvgIpc) is 2.87. The van der Waals surface area contributed by atoms with Crippen LogP contribution in [0.5, 0.6) is 0 Å². The van der Waals surface area contributed by atoms with Crippen LogP contribution >= 0.6 is 11.6 Å². The van der Waals surface area contributed by atoms with Gasteiger partial charge in [0.05, 0.1) is 22.6 Å². The van der Waals surface area contributed by atoms with Crippen molar-refractivity contribution >= 4 is 17.4 Å². The highest BCUT2D eigenvalue weighted by Crippen LogP contribution is 2.37. The Bertz CT molecular complexity index is 783. The Morgan fingerprint density at radius 1 is 1.25 bits per heavy atom. The van der Waals surface area contributed by atoms with Gasteiger partial charge in [0.15, 0.2) is 5.78 Å². The third-order valence-corrected chi connectivity index (χ3v) is 5.10. The lowest BCUT2D eigenvalue weighted by Crippen LogP contribution is -2.26. The van der Waals surface area contributed by atoms with Crippen molar-refractivity contribution in [3.8, 4) is 5.69 Å². The van der Waals surface area contributed by atoms with E-state index in [1.54, 1.807) is 0 Å². The zero-order chi connectivity index (χ0) is 17.6. The summed E-state index contributed by atoms with van der Waals surface area (Å²) in [6, 6.07) is 7.68. The molecule has 0 bridgehead atoms. The lowest BCUT2D eigenvalue weighted by atomic mass is 9.77. The van der Waals surface area contributed by atoms with Crippen molar-refractivity contribution in [1.29, 1.82) is 0 Å². The van der Waals surface area contributed by atoms with Crippen LogP contribution in [0.4, 0.5) is 0 Å². The summed E-state index contributed by atoms with van der Waals surface area (Å²) in [7, 11) is 0. The van der Waals surface area contributed by atoms with Crippen molar-refractivity contribution < 1.29 is 4.79 Å². The molecule has 4 heteroatoms. The van der Waals surface area contributed by atoms with E-state index in [0.29, 0.717) is 23.3 Å². The number of nitrogens with zero attached hydrogens (tertiary/aromatic N) is 2. The second-order valence-corrected chi connectivity index (χ2v) is 8.58. The van der Waals surface area contributed by atoms with Crippen molar-refractivity contribution in [2.45, 2.75) is 52.9 Å². The first-order valence-electron chi connectivity index (χ1n) is 8.60. The Morgan fingerprint density at radius 3 is 2.54 bits per heavy atom. The number of halogens is 1. The van der Waals surface area contributed by atoms with Gasteiger partial charge in [0.25, 0.3) is 0 Å². The highest BCUT2D eigenvalue weighted by molar-refractivity contribution is 6.30. The van der Waals surface area contributed by atoms with Gasteiger partial charge in [-0.05, 0) is 36.5 Å². The van der Waals surface area contributed by atoms with E-state index >= 15 is 0 Å². The second kappa shape index (κ2) is 6.03. The fourth-order valence-electron chi connectivity index (χ4n) is 3.41. The number of carbonyl (C=O) groups is 1. The van der Waals surface area contributed by atoms with E-state index in [2.05, 4.69) is 34.6 Å². The molecule has 24 heavy (non-hydrogen) atoms. The Morgan fingerprint density at radius 2 is 1.96 bits per heavy atom. The van der Waals surface area contributed by atoms with Gasteiger partial charge in [-0.2, -0.15) is 5.10 Å². The minimum Gasteiger partial charge on any atom is -0.294 e. The van der Waals surface area contributed by atoms with Crippen molar-refractivity contribution in [3.63, 3.8) is 0 Å². The predicted octanol–water partition coefficient (Wildman–Crippen LogP) is 5.22. The number of rotatable bonds is 2. The molecule has 2 aromatic rings. The van der Waals surface area contributed by atoms with E-state index in [1.165, 1.54) is 0 Å². The van der Waals surface area contributed by atoms with E-state index in [4.69, 9.17) is 16.7 Å². The standard InChI is InChI=1S/C20H25ClN2O/c1-12(2)13-9-16-18(17(24)10-13)19(20(3,4)5)22-23(16)15-8-6-7-14(21)11-15/h6-8,11-13H,9-10H2,1-5H3. The maximum absolute atomic E-state index is 12.9. The monoisotopic (exact) mass is 344 g/mol. The van der Waals surface area contributed by atoms with Crippen LogP contribution in [0.15, 0.2) is 24.3 Å². The molecule has 0 N–H and O–H groups in total. The van der Waals surface area contributed by atoms with Gasteiger partial charge >= 0.3 is 0 Å². The lowest BCUT2D eigenvalue weighted by molar-refractivity contribution is 0.0930. The molecular weight excluding hydrogens is 320 g/mol. The number of fused-ring (bicyclic) bond motifs is 1. The van der Waals surface area contributed by atoms with Crippen LogP contribution in [0, 0.1) is 11.8 Å². The molecule has 3 rings (SSSR count). The minimum atomic E-state index is -0.172. The van der Waals surface area contributed by atoms with Crippen LogP contribution in [0.3, 0.4) is 0 Å². The molecule has 0 saturated heterocycles. The molecule has 0 fully saturated rings. The fourth-order valence-corrected chi connectivity index (χ4v) is 3.60. The van der Waals surface area contributed by atoms with E-state index in [1.807, 2.05) is 28.9 Å². The Kier molecular flexibility index (Phi) is 4.33. The van der Waals surface area contributed by atoms with Crippen LogP contribution < -0.4 is 0 Å². The van der Waals surface area contributed by atoms with Crippen molar-refractivity contribution in [1.82, 2.24) is 9.78 Å². The summed E-state index contributed by atoms with van der Waals surface area (Å²) in [6.07, 6.45) is 1.50. The summed E-state index contributed by atoms with van der Waals surface area (Å²) < 4.78 is 1.94. The molecule has 1 unspecified atom stereocenters. The van der Waals surface area contributed by atoms with Gasteiger partial charge in [-0.1, -0.05) is 52.3 Å². The van der Waals surface area contributed by atoms with Gasteiger partial charge in [-0.25, -0.2) is 4.68 Å². The Labute approximate surface area is 149 Å². The SMILES string of the molecule is CC(C)C1CC(=O)c2c(C(C)(C)C)nn(-c3cccc(Cl)c3)c2C1. The van der Waals surface area contributed by atoms with Crippen molar-refractivity contribution in [2.24, 2.45) is 11.8 Å². The number of aromatic nitrogens is 2. The van der Waals surface area contributed by atoms with Gasteiger partial charge in [0.1, 0.15) is 0 Å². The molecule has 0 radical (unpaired) electrons. The molecule has 1 heterocycles. The maximum Gasteiger partial charge on any atom is 0.166 e. The number of Topliss-reactive ketones (excluding diaryl/α,β-unsaturated/α-hetero) is 1. The summed E-state index contributed by atoms with van der Waals surface area (Å²) in [6.45, 7) is 10.7. The van der Waals surface area contributed by atoms with E-state index < -0.39 is 0 Å². The zero-order valence-electron chi connectivity index (χ0n) is 15.1. The summed E-state index contributed by atoms with van der Waals surface area (Å²) in [5.41, 5.74) is 3.52. The Hall–Kier alpha value is -1.61. The molecule has 1 aromatic carbocycles. The van der Waals surface area contributed by atoms with Crippen LogP contribution in [-0.4, -0.2) is 15.6 Å². The zero-order valence-corrected chi connectivity index (χ0v) is 15.8. The largest absolute Gasteiger partial charge is 0.294 e. The molecule has 128 valence electrons. The molecule has 1 aliphatic carbocycles. The number of hydrogen-bond acceptors (Lipinski definition) is 2. The minimum absolute atomic E-state index is 0.172. The van der Waals surface area contributed by atoms with Gasteiger partial charge in [-0.3, -0.25) is 4.79 Å². The highest BCUT2D eigenvalue weighted by atomic mass is 35.5. The van der Waals surface area contributed by atoms with Gasteiger partial charge in [-0.15, -0.1) is 0 Å².